The van der Waals surface area contributed by atoms with Gasteiger partial charge in [0.15, 0.2) is 0 Å². The van der Waals surface area contributed by atoms with Gasteiger partial charge in [0.2, 0.25) is 0 Å². The monoisotopic (exact) mass is 164 g/mol. The Hall–Kier alpha value is -0.660. The van der Waals surface area contributed by atoms with Crippen molar-refractivity contribution in [1.82, 2.24) is 0 Å². The minimum absolute atomic E-state index is 0.163. The van der Waals surface area contributed by atoms with Crippen molar-refractivity contribution in [1.29, 1.82) is 0 Å². The molecule has 2 bridgehead atoms. The topological polar surface area (TPSA) is 34.1 Å². The minimum atomic E-state index is 0.163. The zero-order chi connectivity index (χ0) is 8.29. The lowest BCUT2D eigenvalue weighted by molar-refractivity contribution is -0.123. The van der Waals surface area contributed by atoms with Crippen LogP contribution in [0.25, 0.3) is 0 Å². The molecule has 0 aromatic rings. The van der Waals surface area contributed by atoms with Crippen LogP contribution in [0.2, 0.25) is 0 Å². The molecule has 3 saturated carbocycles. The van der Waals surface area contributed by atoms with Crippen LogP contribution in [0, 0.1) is 23.7 Å². The van der Waals surface area contributed by atoms with Gasteiger partial charge >= 0.3 is 0 Å². The van der Waals surface area contributed by atoms with Crippen LogP contribution in [0.3, 0.4) is 0 Å². The first-order valence-electron chi connectivity index (χ1n) is 4.83. The van der Waals surface area contributed by atoms with Crippen LogP contribution in [0.15, 0.2) is 0 Å². The van der Waals surface area contributed by atoms with Crippen LogP contribution < -0.4 is 0 Å². The Morgan fingerprint density at radius 2 is 1.42 bits per heavy atom. The molecular formula is C10H12O2. The summed E-state index contributed by atoms with van der Waals surface area (Å²) in [5, 5.41) is 0. The van der Waals surface area contributed by atoms with Gasteiger partial charge in [-0.2, -0.15) is 0 Å². The first-order valence-corrected chi connectivity index (χ1v) is 4.83. The van der Waals surface area contributed by atoms with E-state index in [1.807, 2.05) is 0 Å². The van der Waals surface area contributed by atoms with Gasteiger partial charge in [-0.1, -0.05) is 0 Å². The summed E-state index contributed by atoms with van der Waals surface area (Å²) in [6.07, 6.45) is 3.81. The maximum atomic E-state index is 11.4. The molecular weight excluding hydrogens is 152 g/mol. The van der Waals surface area contributed by atoms with Crippen LogP contribution in [0.5, 0.6) is 0 Å². The second-order valence-corrected chi connectivity index (χ2v) is 4.49. The van der Waals surface area contributed by atoms with Gasteiger partial charge in [-0.15, -0.1) is 0 Å². The molecule has 12 heavy (non-hydrogen) atoms. The smallest absolute Gasteiger partial charge is 0.144 e. The molecule has 2 nitrogen and oxygen atoms in total. The molecule has 0 saturated heterocycles. The summed E-state index contributed by atoms with van der Waals surface area (Å²) < 4.78 is 0. The number of carbonyl (C=O) groups excluding carboxylic acids is 2. The molecule has 3 aliphatic rings. The molecule has 3 fully saturated rings. The number of ketones is 2. The number of carbonyl (C=O) groups is 2. The van der Waals surface area contributed by atoms with Crippen molar-refractivity contribution in [2.24, 2.45) is 23.7 Å². The Bertz CT molecular complexity index is 243. The van der Waals surface area contributed by atoms with Crippen molar-refractivity contribution in [3.8, 4) is 0 Å². The van der Waals surface area contributed by atoms with E-state index in [0.29, 0.717) is 11.8 Å². The zero-order valence-corrected chi connectivity index (χ0v) is 6.95. The number of Topliss-reactive ketones (excluding diaryl/α,β-unsaturated/α-hetero) is 2. The van der Waals surface area contributed by atoms with E-state index in [-0.39, 0.29) is 29.8 Å². The molecule has 4 atom stereocenters. The summed E-state index contributed by atoms with van der Waals surface area (Å²) in [4.78, 5) is 22.9. The van der Waals surface area contributed by atoms with Crippen LogP contribution in [-0.4, -0.2) is 11.6 Å². The normalized spacial score (nSPS) is 50.3. The third kappa shape index (κ3) is 0.621. The Balaban J connectivity index is 2.03. The second kappa shape index (κ2) is 1.98. The fourth-order valence-corrected chi connectivity index (χ4v) is 3.63. The van der Waals surface area contributed by atoms with Crippen molar-refractivity contribution >= 4 is 11.6 Å². The Labute approximate surface area is 71.3 Å². The van der Waals surface area contributed by atoms with Crippen LogP contribution in [0.4, 0.5) is 0 Å². The minimum Gasteiger partial charge on any atom is -0.299 e. The molecule has 0 amide bonds. The fraction of sp³-hybridized carbons (Fsp3) is 0.800. The quantitative estimate of drug-likeness (QED) is 0.504. The third-order valence-corrected chi connectivity index (χ3v) is 4.01. The second-order valence-electron chi connectivity index (χ2n) is 4.49. The van der Waals surface area contributed by atoms with Crippen molar-refractivity contribution in [2.75, 3.05) is 0 Å². The average Bonchev–Trinajstić information content (AvgIpc) is 2.64. The fourth-order valence-electron chi connectivity index (χ4n) is 3.63. The van der Waals surface area contributed by atoms with E-state index in [1.54, 1.807) is 0 Å². The predicted molar refractivity (Wildman–Crippen MR) is 42.4 cm³/mol. The maximum absolute atomic E-state index is 11.4. The molecule has 3 rings (SSSR count). The highest BCUT2D eigenvalue weighted by atomic mass is 16.2. The zero-order valence-electron chi connectivity index (χ0n) is 6.95. The Morgan fingerprint density at radius 1 is 0.917 bits per heavy atom. The van der Waals surface area contributed by atoms with E-state index < -0.39 is 0 Å². The van der Waals surface area contributed by atoms with Gasteiger partial charge in [-0.25, -0.2) is 0 Å². The maximum Gasteiger partial charge on any atom is 0.144 e. The largest absolute Gasteiger partial charge is 0.299 e. The highest BCUT2D eigenvalue weighted by Gasteiger charge is 2.57. The van der Waals surface area contributed by atoms with Gasteiger partial charge in [-0.3, -0.25) is 9.59 Å². The van der Waals surface area contributed by atoms with Crippen molar-refractivity contribution < 1.29 is 9.59 Å². The Kier molecular flexibility index (Phi) is 1.12. The van der Waals surface area contributed by atoms with Gasteiger partial charge in [0.25, 0.3) is 0 Å². The lowest BCUT2D eigenvalue weighted by Crippen LogP contribution is -2.24. The van der Waals surface area contributed by atoms with E-state index in [0.717, 1.165) is 6.42 Å². The summed E-state index contributed by atoms with van der Waals surface area (Å²) in [7, 11) is 0. The van der Waals surface area contributed by atoms with Crippen molar-refractivity contribution in [3.05, 3.63) is 0 Å². The molecule has 0 heterocycles. The Morgan fingerprint density at radius 3 is 1.92 bits per heavy atom. The molecule has 3 unspecified atom stereocenters. The van der Waals surface area contributed by atoms with Crippen molar-refractivity contribution in [2.45, 2.75) is 25.7 Å². The average molecular weight is 164 g/mol. The summed E-state index contributed by atoms with van der Waals surface area (Å²) in [5.74, 6) is 1.99. The van der Waals surface area contributed by atoms with E-state index in [9.17, 15) is 9.59 Å². The number of rotatable bonds is 0. The summed E-state index contributed by atoms with van der Waals surface area (Å²) >= 11 is 0. The van der Waals surface area contributed by atoms with Gasteiger partial charge in [0.05, 0.1) is 6.42 Å². The standard InChI is InChI=1S/C10H12O2/c11-7-4-8(12)10-6-2-1-5(3-6)9(7)10/h5-6,9-10H,1-4H2/t5-,6?,9?,10?/m0/s1. The molecule has 0 N–H and O–H groups in total. The summed E-state index contributed by atoms with van der Waals surface area (Å²) in [6, 6.07) is 0. The number of hydrogen-bond donors (Lipinski definition) is 0. The molecule has 0 radical (unpaired) electrons. The first kappa shape index (κ1) is 6.81. The molecule has 0 aliphatic heterocycles. The SMILES string of the molecule is O=C1CC(=O)C2C1C1CC[C@H]2C1. The van der Waals surface area contributed by atoms with E-state index >= 15 is 0 Å². The van der Waals surface area contributed by atoms with E-state index in [4.69, 9.17) is 0 Å². The van der Waals surface area contributed by atoms with Crippen molar-refractivity contribution in [3.63, 3.8) is 0 Å². The van der Waals surface area contributed by atoms with Crippen LogP contribution in [0.1, 0.15) is 25.7 Å². The molecule has 0 spiro atoms. The first-order chi connectivity index (χ1) is 5.77. The van der Waals surface area contributed by atoms with Crippen LogP contribution >= 0.6 is 0 Å². The number of fused-ring (bicyclic) bond motifs is 5. The molecule has 2 heteroatoms. The summed E-state index contributed by atoms with van der Waals surface area (Å²) in [6.45, 7) is 0. The van der Waals surface area contributed by atoms with E-state index in [2.05, 4.69) is 0 Å². The van der Waals surface area contributed by atoms with Gasteiger partial charge in [0.1, 0.15) is 11.6 Å². The lowest BCUT2D eigenvalue weighted by atomic mass is 9.81. The highest BCUT2D eigenvalue weighted by molar-refractivity contribution is 6.09. The highest BCUT2D eigenvalue weighted by Crippen LogP contribution is 2.55. The van der Waals surface area contributed by atoms with E-state index in [1.165, 1.54) is 12.8 Å². The van der Waals surface area contributed by atoms with Gasteiger partial charge in [0, 0.05) is 11.8 Å². The number of hydrogen-bond acceptors (Lipinski definition) is 2. The molecule has 0 aromatic carbocycles. The van der Waals surface area contributed by atoms with Gasteiger partial charge in [-0.05, 0) is 31.1 Å². The lowest BCUT2D eigenvalue weighted by Gasteiger charge is -2.21. The molecule has 0 aromatic heterocycles. The van der Waals surface area contributed by atoms with Gasteiger partial charge < -0.3 is 0 Å². The third-order valence-electron chi connectivity index (χ3n) is 4.01. The molecule has 64 valence electrons. The summed E-state index contributed by atoms with van der Waals surface area (Å²) in [5.41, 5.74) is 0. The predicted octanol–water partition coefficient (Wildman–Crippen LogP) is 1.19. The van der Waals surface area contributed by atoms with Crippen LogP contribution in [-0.2, 0) is 9.59 Å². The molecule has 3 aliphatic carbocycles.